The Morgan fingerprint density at radius 2 is 1.61 bits per heavy atom. The Hall–Kier alpha value is -2.87. The molecule has 1 aliphatic rings. The lowest BCUT2D eigenvalue weighted by Crippen LogP contribution is -2.60. The molecule has 0 saturated carbocycles. The average molecular weight is 770 g/mol. The fraction of sp³-hybridized carbons (Fsp3) is 0.583. The molecule has 2 aromatic rings. The van der Waals surface area contributed by atoms with E-state index in [0.29, 0.717) is 17.5 Å². The molecule has 2 unspecified atom stereocenters. The van der Waals surface area contributed by atoms with Crippen molar-refractivity contribution in [3.63, 3.8) is 0 Å². The molecule has 1 aliphatic heterocycles. The van der Waals surface area contributed by atoms with E-state index in [2.05, 4.69) is 55.1 Å². The topological polar surface area (TPSA) is 103 Å². The Labute approximate surface area is 298 Å². The first kappa shape index (κ1) is 40.6. The number of carbonyl (C=O) groups excluding carboxylic acids is 3. The quantitative estimate of drug-likeness (QED) is 0.172. The first-order valence-corrected chi connectivity index (χ1v) is 20.3. The standard InChI is InChI=1S/C36H51BrF2N2O7Si/c1-11-12-46-28-20-30(41(21-28)34(44)47-35(2,3)4)31(48-49(9,10)36(5,6)7)29(15-22-13-26(38)19-27(39)14-22)40-32(42)23-16-24(33(43)45-8)18-25(37)17-23/h13-14,16-19,28-31H,11-12,15,20-21H2,1-10H3,(H,40,42)/t28?,29-,30?,31-/m0/s1. The molecule has 2 aromatic carbocycles. The maximum absolute atomic E-state index is 14.5. The summed E-state index contributed by atoms with van der Waals surface area (Å²) in [6.07, 6.45) is -0.616. The van der Waals surface area contributed by atoms with Crippen molar-refractivity contribution in [2.45, 2.75) is 116 Å². The number of hydrogen-bond acceptors (Lipinski definition) is 7. The van der Waals surface area contributed by atoms with Gasteiger partial charge in [-0.05, 0) is 94.1 Å². The van der Waals surface area contributed by atoms with Gasteiger partial charge in [0, 0.05) is 22.7 Å². The number of methoxy groups -OCH3 is 1. The summed E-state index contributed by atoms with van der Waals surface area (Å²) in [5, 5.41) is 2.79. The lowest BCUT2D eigenvalue weighted by atomic mass is 9.94. The summed E-state index contributed by atoms with van der Waals surface area (Å²) in [5.41, 5.74) is -0.194. The van der Waals surface area contributed by atoms with Crippen LogP contribution in [0.25, 0.3) is 0 Å². The minimum atomic E-state index is -2.65. The average Bonchev–Trinajstić information content (AvgIpc) is 3.40. The van der Waals surface area contributed by atoms with Gasteiger partial charge in [-0.1, -0.05) is 43.6 Å². The molecule has 272 valence electrons. The van der Waals surface area contributed by atoms with E-state index in [1.807, 2.05) is 6.92 Å². The Morgan fingerprint density at radius 1 is 1.00 bits per heavy atom. The van der Waals surface area contributed by atoms with Crippen molar-refractivity contribution in [2.75, 3.05) is 20.3 Å². The molecule has 0 aliphatic carbocycles. The largest absolute Gasteiger partial charge is 0.465 e. The summed E-state index contributed by atoms with van der Waals surface area (Å²) >= 11 is 3.37. The van der Waals surface area contributed by atoms with E-state index >= 15 is 0 Å². The number of likely N-dealkylation sites (tertiary alicyclic amines) is 1. The van der Waals surface area contributed by atoms with Crippen LogP contribution in [0.15, 0.2) is 40.9 Å². The van der Waals surface area contributed by atoms with Crippen LogP contribution in [0.3, 0.4) is 0 Å². The van der Waals surface area contributed by atoms with Crippen molar-refractivity contribution >= 4 is 42.2 Å². The van der Waals surface area contributed by atoms with Crippen LogP contribution in [0.1, 0.15) is 87.6 Å². The van der Waals surface area contributed by atoms with Crippen LogP contribution in [-0.2, 0) is 25.1 Å². The first-order valence-electron chi connectivity index (χ1n) is 16.6. The van der Waals surface area contributed by atoms with Crippen molar-refractivity contribution < 1.29 is 41.8 Å². The monoisotopic (exact) mass is 768 g/mol. The highest BCUT2D eigenvalue weighted by Crippen LogP contribution is 2.40. The van der Waals surface area contributed by atoms with Gasteiger partial charge in [-0.15, -0.1) is 0 Å². The zero-order chi connectivity index (χ0) is 36.9. The fourth-order valence-corrected chi connectivity index (χ4v) is 7.31. The maximum Gasteiger partial charge on any atom is 0.410 e. The smallest absolute Gasteiger partial charge is 0.410 e. The van der Waals surface area contributed by atoms with Crippen LogP contribution >= 0.6 is 15.9 Å². The van der Waals surface area contributed by atoms with Crippen LogP contribution in [0, 0.1) is 11.6 Å². The maximum atomic E-state index is 14.5. The third-order valence-electron chi connectivity index (χ3n) is 8.78. The molecule has 2 amide bonds. The zero-order valence-electron chi connectivity index (χ0n) is 30.2. The number of benzene rings is 2. The molecule has 3 rings (SSSR count). The number of nitrogens with zero attached hydrogens (tertiary/aromatic N) is 1. The third kappa shape index (κ3) is 11.3. The van der Waals surface area contributed by atoms with Crippen LogP contribution in [-0.4, -0.2) is 81.3 Å². The summed E-state index contributed by atoms with van der Waals surface area (Å²) in [5.74, 6) is -2.71. The van der Waals surface area contributed by atoms with Gasteiger partial charge in [0.15, 0.2) is 8.32 Å². The van der Waals surface area contributed by atoms with E-state index in [9.17, 15) is 23.2 Å². The minimum Gasteiger partial charge on any atom is -0.465 e. The van der Waals surface area contributed by atoms with Crippen molar-refractivity contribution in [1.82, 2.24) is 10.2 Å². The highest BCUT2D eigenvalue weighted by molar-refractivity contribution is 9.10. The fourth-order valence-electron chi connectivity index (χ4n) is 5.46. The number of amides is 2. The number of esters is 1. The van der Waals surface area contributed by atoms with Gasteiger partial charge in [0.1, 0.15) is 17.2 Å². The molecule has 1 fully saturated rings. The van der Waals surface area contributed by atoms with Crippen LogP contribution in [0.4, 0.5) is 13.6 Å². The van der Waals surface area contributed by atoms with Crippen molar-refractivity contribution in [1.29, 1.82) is 0 Å². The van der Waals surface area contributed by atoms with Gasteiger partial charge >= 0.3 is 12.1 Å². The number of hydrogen-bond donors (Lipinski definition) is 1. The Kier molecular flexibility index (Phi) is 13.6. The molecule has 0 spiro atoms. The predicted molar refractivity (Wildman–Crippen MR) is 190 cm³/mol. The molecule has 0 radical (unpaired) electrons. The summed E-state index contributed by atoms with van der Waals surface area (Å²) in [4.78, 5) is 41.9. The SMILES string of the molecule is CCCOC1CC([C@@H](O[Si](C)(C)C(C)(C)C)[C@H](Cc2cc(F)cc(F)c2)NC(=O)c2cc(Br)cc(C(=O)OC)c2)N(C(=O)OC(C)(C)C)C1. The van der Waals surface area contributed by atoms with Crippen LogP contribution in [0.5, 0.6) is 0 Å². The Bertz CT molecular complexity index is 1470. The molecular weight excluding hydrogens is 718 g/mol. The van der Waals surface area contributed by atoms with Gasteiger partial charge in [-0.3, -0.25) is 9.69 Å². The van der Waals surface area contributed by atoms with E-state index in [1.54, 1.807) is 31.7 Å². The number of nitrogens with one attached hydrogen (secondary N) is 1. The summed E-state index contributed by atoms with van der Waals surface area (Å²) < 4.78 is 53.6. The van der Waals surface area contributed by atoms with Gasteiger partial charge in [-0.25, -0.2) is 18.4 Å². The van der Waals surface area contributed by atoms with Gasteiger partial charge in [0.25, 0.3) is 5.91 Å². The molecule has 4 atom stereocenters. The van der Waals surface area contributed by atoms with Crippen LogP contribution in [0.2, 0.25) is 18.1 Å². The minimum absolute atomic E-state index is 0.0310. The molecule has 0 aromatic heterocycles. The molecule has 9 nitrogen and oxygen atoms in total. The molecule has 1 saturated heterocycles. The number of carbonyl (C=O) groups is 3. The van der Waals surface area contributed by atoms with Crippen molar-refractivity contribution in [2.24, 2.45) is 0 Å². The molecule has 0 bridgehead atoms. The van der Waals surface area contributed by atoms with Crippen molar-refractivity contribution in [3.8, 4) is 0 Å². The highest BCUT2D eigenvalue weighted by Gasteiger charge is 2.49. The molecule has 49 heavy (non-hydrogen) atoms. The molecule has 1 N–H and O–H groups in total. The van der Waals surface area contributed by atoms with Crippen LogP contribution < -0.4 is 5.32 Å². The Balaban J connectivity index is 2.21. The van der Waals surface area contributed by atoms with E-state index in [1.165, 1.54) is 31.4 Å². The molecule has 13 heteroatoms. The third-order valence-corrected chi connectivity index (χ3v) is 13.7. The molecular formula is C36H51BrF2N2O7Si. The summed E-state index contributed by atoms with van der Waals surface area (Å²) in [6.45, 7) is 18.4. The van der Waals surface area contributed by atoms with Crippen molar-refractivity contribution in [3.05, 3.63) is 69.2 Å². The number of rotatable bonds is 12. The van der Waals surface area contributed by atoms with Gasteiger partial charge in [-0.2, -0.15) is 0 Å². The normalized spacial score (nSPS) is 18.2. The predicted octanol–water partition coefficient (Wildman–Crippen LogP) is 8.05. The van der Waals surface area contributed by atoms with Gasteiger partial charge in [0.2, 0.25) is 0 Å². The van der Waals surface area contributed by atoms with Gasteiger partial charge < -0.3 is 24.0 Å². The van der Waals surface area contributed by atoms with E-state index in [4.69, 9.17) is 18.6 Å². The number of halogens is 3. The second-order valence-electron chi connectivity index (χ2n) is 15.1. The first-order chi connectivity index (χ1) is 22.6. The summed E-state index contributed by atoms with van der Waals surface area (Å²) in [6, 6.07) is 6.18. The highest BCUT2D eigenvalue weighted by atomic mass is 79.9. The Morgan fingerprint density at radius 3 is 2.16 bits per heavy atom. The second-order valence-corrected chi connectivity index (χ2v) is 20.7. The summed E-state index contributed by atoms with van der Waals surface area (Å²) in [7, 11) is -1.41. The molecule has 1 heterocycles. The van der Waals surface area contributed by atoms with E-state index < -0.39 is 61.7 Å². The second kappa shape index (κ2) is 16.4. The van der Waals surface area contributed by atoms with Gasteiger partial charge in [0.05, 0.1) is 43.5 Å². The lowest BCUT2D eigenvalue weighted by molar-refractivity contribution is 0.000336. The number of ether oxygens (including phenoxy) is 3. The van der Waals surface area contributed by atoms with E-state index in [-0.39, 0.29) is 40.8 Å². The zero-order valence-corrected chi connectivity index (χ0v) is 32.8. The van der Waals surface area contributed by atoms with E-state index in [0.717, 1.165) is 12.5 Å². The lowest BCUT2D eigenvalue weighted by Gasteiger charge is -2.45.